The Morgan fingerprint density at radius 3 is 2.76 bits per heavy atom. The molecule has 1 amide bonds. The highest BCUT2D eigenvalue weighted by atomic mass is 31.2. The lowest BCUT2D eigenvalue weighted by atomic mass is 10.0. The molecule has 3 unspecified atom stereocenters. The van der Waals surface area contributed by atoms with Crippen LogP contribution < -0.4 is 10.6 Å². The summed E-state index contributed by atoms with van der Waals surface area (Å²) in [5.41, 5.74) is 1.17. The minimum Gasteiger partial charge on any atom is -0.478 e. The SMILES string of the molecule is CC(=O)NCCCCCP(=O)(O)CC1CNC(Cc2cccc(C(=O)O)c2)CO1. The number of rotatable bonds is 11. The monoisotopic (exact) mass is 426 g/mol. The number of nitrogens with one attached hydrogen (secondary N) is 2. The standard InChI is InChI=1S/C20H31N2O6P/c1-15(23)21-8-3-2-4-9-29(26,27)14-19-12-22-18(13-28-19)11-16-6-5-7-17(10-16)20(24)25/h5-7,10,18-19,22H,2-4,8-9,11-14H2,1H3,(H,21,23)(H,24,25)(H,26,27). The Labute approximate surface area is 171 Å². The van der Waals surface area contributed by atoms with Gasteiger partial charge in [-0.3, -0.25) is 9.36 Å². The molecule has 1 aromatic rings. The first kappa shape index (κ1) is 23.5. The predicted molar refractivity (Wildman–Crippen MR) is 111 cm³/mol. The third-order valence-corrected chi connectivity index (χ3v) is 6.86. The molecule has 1 aliphatic rings. The average molecular weight is 426 g/mol. The molecule has 9 heteroatoms. The average Bonchev–Trinajstić information content (AvgIpc) is 2.66. The zero-order valence-electron chi connectivity index (χ0n) is 16.8. The van der Waals surface area contributed by atoms with E-state index in [1.165, 1.54) is 6.92 Å². The van der Waals surface area contributed by atoms with Crippen molar-refractivity contribution in [1.29, 1.82) is 0 Å². The van der Waals surface area contributed by atoms with E-state index in [1.807, 2.05) is 6.07 Å². The van der Waals surface area contributed by atoms with E-state index in [0.29, 0.717) is 32.5 Å². The van der Waals surface area contributed by atoms with Crippen LogP contribution in [-0.2, 0) is 20.5 Å². The molecule has 0 spiro atoms. The van der Waals surface area contributed by atoms with Gasteiger partial charge in [-0.2, -0.15) is 0 Å². The smallest absolute Gasteiger partial charge is 0.335 e. The zero-order valence-corrected chi connectivity index (χ0v) is 17.7. The number of carbonyl (C=O) groups excluding carboxylic acids is 1. The Morgan fingerprint density at radius 2 is 2.10 bits per heavy atom. The van der Waals surface area contributed by atoms with Gasteiger partial charge in [-0.25, -0.2) is 4.79 Å². The van der Waals surface area contributed by atoms with Gasteiger partial charge in [0, 0.05) is 32.2 Å². The van der Waals surface area contributed by atoms with Crippen LogP contribution in [0.5, 0.6) is 0 Å². The number of hydrogen-bond acceptors (Lipinski definition) is 5. The van der Waals surface area contributed by atoms with Gasteiger partial charge in [0.25, 0.3) is 0 Å². The molecular formula is C20H31N2O6P. The van der Waals surface area contributed by atoms with Gasteiger partial charge in [-0.1, -0.05) is 18.6 Å². The lowest BCUT2D eigenvalue weighted by molar-refractivity contribution is -0.118. The first-order chi connectivity index (χ1) is 13.7. The number of unbranched alkanes of at least 4 members (excludes halogenated alkanes) is 2. The molecular weight excluding hydrogens is 395 g/mol. The molecule has 0 radical (unpaired) electrons. The molecule has 0 saturated carbocycles. The number of amides is 1. The fourth-order valence-corrected chi connectivity index (χ4v) is 5.14. The van der Waals surface area contributed by atoms with Crippen LogP contribution in [0.3, 0.4) is 0 Å². The van der Waals surface area contributed by atoms with Gasteiger partial charge in [-0.15, -0.1) is 0 Å². The summed E-state index contributed by atoms with van der Waals surface area (Å²) < 4.78 is 18.2. The fraction of sp³-hybridized carbons (Fsp3) is 0.600. The second-order valence-electron chi connectivity index (χ2n) is 7.57. The number of carboxylic acids is 1. The van der Waals surface area contributed by atoms with Gasteiger partial charge >= 0.3 is 5.97 Å². The lowest BCUT2D eigenvalue weighted by Crippen LogP contribution is -2.48. The minimum absolute atomic E-state index is 0.0437. The summed E-state index contributed by atoms with van der Waals surface area (Å²) in [4.78, 5) is 32.1. The molecule has 0 aliphatic carbocycles. The van der Waals surface area contributed by atoms with Crippen LogP contribution in [0.2, 0.25) is 0 Å². The van der Waals surface area contributed by atoms with Crippen LogP contribution >= 0.6 is 7.37 Å². The number of ether oxygens (including phenoxy) is 1. The third kappa shape index (κ3) is 9.09. The van der Waals surface area contributed by atoms with Gasteiger partial charge < -0.3 is 25.4 Å². The minimum atomic E-state index is -3.25. The zero-order chi connectivity index (χ0) is 21.3. The van der Waals surface area contributed by atoms with Crippen molar-refractivity contribution in [2.45, 2.75) is 44.8 Å². The van der Waals surface area contributed by atoms with Crippen LogP contribution in [0.1, 0.15) is 42.1 Å². The maximum atomic E-state index is 12.4. The Balaban J connectivity index is 1.68. The van der Waals surface area contributed by atoms with E-state index in [2.05, 4.69) is 10.6 Å². The first-order valence-corrected chi connectivity index (χ1v) is 12.0. The Kier molecular flexibility index (Phi) is 9.30. The van der Waals surface area contributed by atoms with Crippen LogP contribution in [0.4, 0.5) is 0 Å². The summed E-state index contributed by atoms with van der Waals surface area (Å²) in [6.07, 6.45) is 2.98. The molecule has 1 aliphatic heterocycles. The molecule has 2 rings (SSSR count). The van der Waals surface area contributed by atoms with Crippen LogP contribution in [0.25, 0.3) is 0 Å². The van der Waals surface area contributed by atoms with Crippen molar-refractivity contribution in [3.05, 3.63) is 35.4 Å². The van der Waals surface area contributed by atoms with E-state index in [1.54, 1.807) is 18.2 Å². The molecule has 1 saturated heterocycles. The number of hydrogen-bond donors (Lipinski definition) is 4. The molecule has 0 aromatic heterocycles. The van der Waals surface area contributed by atoms with E-state index in [9.17, 15) is 19.0 Å². The van der Waals surface area contributed by atoms with Crippen molar-refractivity contribution in [3.63, 3.8) is 0 Å². The predicted octanol–water partition coefficient (Wildman–Crippen LogP) is 1.86. The van der Waals surface area contributed by atoms with Crippen molar-refractivity contribution in [3.8, 4) is 0 Å². The quantitative estimate of drug-likeness (QED) is 0.314. The largest absolute Gasteiger partial charge is 0.478 e. The van der Waals surface area contributed by atoms with E-state index in [4.69, 9.17) is 9.84 Å². The number of morpholine rings is 1. The summed E-state index contributed by atoms with van der Waals surface area (Å²) in [5, 5.41) is 15.1. The molecule has 1 heterocycles. The molecule has 4 N–H and O–H groups in total. The van der Waals surface area contributed by atoms with Crippen molar-refractivity contribution in [2.24, 2.45) is 0 Å². The van der Waals surface area contributed by atoms with Crippen molar-refractivity contribution < 1.29 is 28.9 Å². The Morgan fingerprint density at radius 1 is 1.31 bits per heavy atom. The Hall–Kier alpha value is -1.73. The number of aromatic carboxylic acids is 1. The molecule has 162 valence electrons. The number of carbonyl (C=O) groups is 2. The van der Waals surface area contributed by atoms with Gasteiger partial charge in [0.05, 0.1) is 24.4 Å². The summed E-state index contributed by atoms with van der Waals surface area (Å²) in [5.74, 6) is -1.01. The Bertz CT molecular complexity index is 733. The van der Waals surface area contributed by atoms with E-state index < -0.39 is 13.3 Å². The lowest BCUT2D eigenvalue weighted by Gasteiger charge is -2.31. The highest BCUT2D eigenvalue weighted by Crippen LogP contribution is 2.42. The second kappa shape index (κ2) is 11.5. The summed E-state index contributed by atoms with van der Waals surface area (Å²) >= 11 is 0. The normalized spacial score (nSPS) is 21.3. The van der Waals surface area contributed by atoms with E-state index >= 15 is 0 Å². The summed E-state index contributed by atoms with van der Waals surface area (Å²) in [7, 11) is -3.25. The first-order valence-electron chi connectivity index (χ1n) is 9.97. The third-order valence-electron chi connectivity index (χ3n) is 4.87. The molecule has 1 aromatic carbocycles. The molecule has 1 fully saturated rings. The molecule has 3 atom stereocenters. The van der Waals surface area contributed by atoms with Crippen molar-refractivity contribution >= 4 is 19.2 Å². The van der Waals surface area contributed by atoms with E-state index in [0.717, 1.165) is 18.4 Å². The van der Waals surface area contributed by atoms with E-state index in [-0.39, 0.29) is 35.9 Å². The van der Waals surface area contributed by atoms with Crippen molar-refractivity contribution in [2.75, 3.05) is 32.0 Å². The highest BCUT2D eigenvalue weighted by Gasteiger charge is 2.28. The van der Waals surface area contributed by atoms with Gasteiger partial charge in [0.2, 0.25) is 13.3 Å². The molecule has 8 nitrogen and oxygen atoms in total. The summed E-state index contributed by atoms with van der Waals surface area (Å²) in [6, 6.07) is 6.87. The molecule has 0 bridgehead atoms. The number of benzene rings is 1. The number of carboxylic acid groups (broad SMARTS) is 1. The fourth-order valence-electron chi connectivity index (χ4n) is 3.37. The highest BCUT2D eigenvalue weighted by molar-refractivity contribution is 7.58. The summed E-state index contributed by atoms with van der Waals surface area (Å²) in [6.45, 7) is 2.98. The van der Waals surface area contributed by atoms with Gasteiger partial charge in [0.15, 0.2) is 0 Å². The van der Waals surface area contributed by atoms with Crippen LogP contribution in [0.15, 0.2) is 24.3 Å². The van der Waals surface area contributed by atoms with Crippen LogP contribution in [-0.4, -0.2) is 66.0 Å². The maximum absolute atomic E-state index is 12.4. The van der Waals surface area contributed by atoms with Gasteiger partial charge in [0.1, 0.15) is 0 Å². The maximum Gasteiger partial charge on any atom is 0.335 e. The van der Waals surface area contributed by atoms with Crippen LogP contribution in [0, 0.1) is 0 Å². The van der Waals surface area contributed by atoms with Gasteiger partial charge in [-0.05, 0) is 37.0 Å². The van der Waals surface area contributed by atoms with Crippen molar-refractivity contribution in [1.82, 2.24) is 10.6 Å². The topological polar surface area (TPSA) is 125 Å². The molecule has 29 heavy (non-hydrogen) atoms. The second-order valence-corrected chi connectivity index (χ2v) is 10.1.